The molecule has 0 radical (unpaired) electrons. The van der Waals surface area contributed by atoms with E-state index in [0.717, 1.165) is 21.4 Å². The number of nitrogens with one attached hydrogen (secondary N) is 2. The fourth-order valence-corrected chi connectivity index (χ4v) is 3.38. The molecule has 0 saturated heterocycles. The van der Waals surface area contributed by atoms with Crippen LogP contribution in [-0.2, 0) is 0 Å². The Morgan fingerprint density at radius 2 is 2.00 bits per heavy atom. The van der Waals surface area contributed by atoms with Crippen LogP contribution in [0.2, 0.25) is 0 Å². The second-order valence-corrected chi connectivity index (χ2v) is 6.88. The highest BCUT2D eigenvalue weighted by Crippen LogP contribution is 2.23. The zero-order chi connectivity index (χ0) is 16.2. The molecular weight excluding hydrogens is 354 g/mol. The minimum Gasteiger partial charge on any atom is -0.382 e. The summed E-state index contributed by atoms with van der Waals surface area (Å²) in [4.78, 5) is 16.6. The first-order chi connectivity index (χ1) is 11.1. The van der Waals surface area contributed by atoms with Crippen molar-refractivity contribution < 1.29 is 4.79 Å². The van der Waals surface area contributed by atoms with Crippen molar-refractivity contribution in [1.29, 1.82) is 0 Å². The van der Waals surface area contributed by atoms with Crippen LogP contribution in [0.5, 0.6) is 0 Å². The quantitative estimate of drug-likeness (QED) is 0.811. The van der Waals surface area contributed by atoms with Gasteiger partial charge < -0.3 is 10.6 Å². The molecule has 1 heterocycles. The normalized spacial score (nSPS) is 14.7. The van der Waals surface area contributed by atoms with Gasteiger partial charge in [0.15, 0.2) is 0 Å². The Labute approximate surface area is 144 Å². The number of hydrogen-bond acceptors (Lipinski definition) is 3. The molecule has 23 heavy (non-hydrogen) atoms. The van der Waals surface area contributed by atoms with E-state index in [1.807, 2.05) is 37.3 Å². The topological polar surface area (TPSA) is 54.0 Å². The van der Waals surface area contributed by atoms with Crippen LogP contribution < -0.4 is 10.6 Å². The Balaban J connectivity index is 1.71. The maximum absolute atomic E-state index is 12.4. The Morgan fingerprint density at radius 1 is 1.22 bits per heavy atom. The fourth-order valence-electron chi connectivity index (χ4n) is 2.90. The lowest BCUT2D eigenvalue weighted by molar-refractivity contribution is 0.102. The van der Waals surface area contributed by atoms with Gasteiger partial charge in [0.1, 0.15) is 5.69 Å². The van der Waals surface area contributed by atoms with Crippen molar-refractivity contribution in [3.63, 3.8) is 0 Å². The van der Waals surface area contributed by atoms with Gasteiger partial charge in [-0.15, -0.1) is 0 Å². The summed E-state index contributed by atoms with van der Waals surface area (Å²) >= 11 is 3.43. The average molecular weight is 374 g/mol. The third-order valence-corrected chi connectivity index (χ3v) is 4.65. The first-order valence-corrected chi connectivity index (χ1v) is 8.71. The van der Waals surface area contributed by atoms with E-state index < -0.39 is 0 Å². The minimum atomic E-state index is -0.189. The molecule has 1 aromatic carbocycles. The zero-order valence-electron chi connectivity index (χ0n) is 13.1. The third kappa shape index (κ3) is 4.10. The molecule has 0 spiro atoms. The van der Waals surface area contributed by atoms with Gasteiger partial charge in [-0.3, -0.25) is 9.78 Å². The van der Waals surface area contributed by atoms with E-state index in [4.69, 9.17) is 0 Å². The standard InChI is InChI=1S/C18H20BrN3O/c1-12-10-13(19)6-7-16(12)22-18(23)17-11-15(8-9-20-17)21-14-4-2-3-5-14/h6-11,14H,2-5H2,1H3,(H,20,21)(H,22,23). The monoisotopic (exact) mass is 373 g/mol. The molecule has 0 bridgehead atoms. The Hall–Kier alpha value is -1.88. The number of rotatable bonds is 4. The van der Waals surface area contributed by atoms with Gasteiger partial charge in [-0.25, -0.2) is 0 Å². The molecular formula is C18H20BrN3O. The van der Waals surface area contributed by atoms with Gasteiger partial charge in [0, 0.05) is 28.1 Å². The van der Waals surface area contributed by atoms with E-state index >= 15 is 0 Å². The highest BCUT2D eigenvalue weighted by atomic mass is 79.9. The van der Waals surface area contributed by atoms with Crippen LogP contribution >= 0.6 is 15.9 Å². The van der Waals surface area contributed by atoms with Gasteiger partial charge in [0.25, 0.3) is 5.91 Å². The number of amides is 1. The van der Waals surface area contributed by atoms with Crippen LogP contribution in [-0.4, -0.2) is 16.9 Å². The van der Waals surface area contributed by atoms with Crippen molar-refractivity contribution in [2.24, 2.45) is 0 Å². The van der Waals surface area contributed by atoms with Crippen molar-refractivity contribution in [2.75, 3.05) is 10.6 Å². The predicted molar refractivity (Wildman–Crippen MR) is 96.9 cm³/mol. The van der Waals surface area contributed by atoms with Gasteiger partial charge in [-0.05, 0) is 55.7 Å². The van der Waals surface area contributed by atoms with E-state index in [1.54, 1.807) is 6.20 Å². The van der Waals surface area contributed by atoms with Gasteiger partial charge >= 0.3 is 0 Å². The summed E-state index contributed by atoms with van der Waals surface area (Å²) in [7, 11) is 0. The van der Waals surface area contributed by atoms with Gasteiger partial charge in [-0.1, -0.05) is 28.8 Å². The molecule has 4 nitrogen and oxygen atoms in total. The van der Waals surface area contributed by atoms with Crippen molar-refractivity contribution in [1.82, 2.24) is 4.98 Å². The van der Waals surface area contributed by atoms with E-state index in [0.29, 0.717) is 11.7 Å². The number of nitrogens with zero attached hydrogens (tertiary/aromatic N) is 1. The Bertz CT molecular complexity index is 711. The summed E-state index contributed by atoms with van der Waals surface area (Å²) in [6.45, 7) is 1.96. The number of carbonyl (C=O) groups excluding carboxylic acids is 1. The number of aromatic nitrogens is 1. The SMILES string of the molecule is Cc1cc(Br)ccc1NC(=O)c1cc(NC2CCCC2)ccn1. The molecule has 0 unspecified atom stereocenters. The summed E-state index contributed by atoms with van der Waals surface area (Å²) in [5.41, 5.74) is 3.20. The van der Waals surface area contributed by atoms with E-state index in [9.17, 15) is 4.79 Å². The molecule has 1 aliphatic rings. The van der Waals surface area contributed by atoms with Crippen molar-refractivity contribution in [3.8, 4) is 0 Å². The molecule has 120 valence electrons. The Kier molecular flexibility index (Phi) is 4.96. The van der Waals surface area contributed by atoms with E-state index in [1.165, 1.54) is 25.7 Å². The zero-order valence-corrected chi connectivity index (χ0v) is 14.7. The highest BCUT2D eigenvalue weighted by Gasteiger charge is 2.15. The highest BCUT2D eigenvalue weighted by molar-refractivity contribution is 9.10. The number of hydrogen-bond donors (Lipinski definition) is 2. The maximum atomic E-state index is 12.4. The lowest BCUT2D eigenvalue weighted by atomic mass is 10.2. The second kappa shape index (κ2) is 7.13. The van der Waals surface area contributed by atoms with Gasteiger partial charge in [0.05, 0.1) is 0 Å². The van der Waals surface area contributed by atoms with Crippen LogP contribution in [0, 0.1) is 6.92 Å². The van der Waals surface area contributed by atoms with E-state index in [-0.39, 0.29) is 5.91 Å². The van der Waals surface area contributed by atoms with Crippen molar-refractivity contribution >= 4 is 33.2 Å². The number of carbonyl (C=O) groups is 1. The summed E-state index contributed by atoms with van der Waals surface area (Å²) in [5, 5.41) is 6.42. The molecule has 1 amide bonds. The molecule has 0 atom stereocenters. The van der Waals surface area contributed by atoms with Crippen LogP contribution in [0.3, 0.4) is 0 Å². The molecule has 1 aromatic heterocycles. The molecule has 0 aliphatic heterocycles. The molecule has 2 N–H and O–H groups in total. The lowest BCUT2D eigenvalue weighted by Gasteiger charge is -2.14. The van der Waals surface area contributed by atoms with Crippen LogP contribution in [0.4, 0.5) is 11.4 Å². The summed E-state index contributed by atoms with van der Waals surface area (Å²) < 4.78 is 0.994. The molecule has 1 aliphatic carbocycles. The number of anilines is 2. The van der Waals surface area contributed by atoms with E-state index in [2.05, 4.69) is 31.5 Å². The first-order valence-electron chi connectivity index (χ1n) is 7.92. The smallest absolute Gasteiger partial charge is 0.274 e. The summed E-state index contributed by atoms with van der Waals surface area (Å²) in [6, 6.07) is 10.0. The summed E-state index contributed by atoms with van der Waals surface area (Å²) in [6.07, 6.45) is 6.63. The maximum Gasteiger partial charge on any atom is 0.274 e. The molecule has 1 saturated carbocycles. The van der Waals surface area contributed by atoms with Crippen LogP contribution in [0.1, 0.15) is 41.7 Å². The molecule has 1 fully saturated rings. The number of pyridine rings is 1. The second-order valence-electron chi connectivity index (χ2n) is 5.97. The number of aryl methyl sites for hydroxylation is 1. The largest absolute Gasteiger partial charge is 0.382 e. The lowest BCUT2D eigenvalue weighted by Crippen LogP contribution is -2.17. The van der Waals surface area contributed by atoms with Crippen molar-refractivity contribution in [3.05, 3.63) is 52.3 Å². The summed E-state index contributed by atoms with van der Waals surface area (Å²) in [5.74, 6) is -0.189. The average Bonchev–Trinajstić information content (AvgIpc) is 3.03. The van der Waals surface area contributed by atoms with Gasteiger partial charge in [-0.2, -0.15) is 0 Å². The molecule has 5 heteroatoms. The first kappa shape index (κ1) is 16.0. The number of benzene rings is 1. The van der Waals surface area contributed by atoms with Crippen LogP contribution in [0.15, 0.2) is 41.0 Å². The molecule has 2 aromatic rings. The Morgan fingerprint density at radius 3 is 2.74 bits per heavy atom. The minimum absolute atomic E-state index is 0.189. The number of halogens is 1. The fraction of sp³-hybridized carbons (Fsp3) is 0.333. The third-order valence-electron chi connectivity index (χ3n) is 4.16. The van der Waals surface area contributed by atoms with Crippen molar-refractivity contribution in [2.45, 2.75) is 38.6 Å². The van der Waals surface area contributed by atoms with Gasteiger partial charge in [0.2, 0.25) is 0 Å². The van der Waals surface area contributed by atoms with Crippen LogP contribution in [0.25, 0.3) is 0 Å². The molecule has 3 rings (SSSR count). The predicted octanol–water partition coefficient (Wildman–Crippen LogP) is 4.76.